The fourth-order valence-corrected chi connectivity index (χ4v) is 1.66. The molecule has 0 aliphatic rings. The van der Waals surface area contributed by atoms with Crippen molar-refractivity contribution in [3.63, 3.8) is 0 Å². The first-order chi connectivity index (χ1) is 8.58. The molecule has 0 radical (unpaired) electrons. The molecule has 0 heterocycles. The van der Waals surface area contributed by atoms with Gasteiger partial charge < -0.3 is 15.2 Å². The molecule has 0 aliphatic heterocycles. The van der Waals surface area contributed by atoms with Crippen LogP contribution in [0.5, 0.6) is 5.75 Å². The fraction of sp³-hybridized carbons (Fsp3) is 0.571. The van der Waals surface area contributed by atoms with Gasteiger partial charge in [-0.3, -0.25) is 0 Å². The second-order valence-electron chi connectivity index (χ2n) is 4.56. The van der Waals surface area contributed by atoms with Crippen LogP contribution in [-0.2, 0) is 0 Å². The zero-order chi connectivity index (χ0) is 13.5. The van der Waals surface area contributed by atoms with Gasteiger partial charge in [0.05, 0.1) is 6.61 Å². The Balaban J connectivity index is 2.67. The monoisotopic (exact) mass is 255 g/mol. The lowest BCUT2D eigenvalue weighted by Crippen LogP contribution is -2.19. The first kappa shape index (κ1) is 14.9. The second kappa shape index (κ2) is 7.34. The van der Waals surface area contributed by atoms with Crippen LogP contribution in [0.15, 0.2) is 18.2 Å². The zero-order valence-corrected chi connectivity index (χ0v) is 11.2. The predicted molar refractivity (Wildman–Crippen MR) is 70.2 cm³/mol. The standard InChI is InChI=1S/C14H22FNO2/c1-4-16-11(3)13-6-5-12(7-14(13)15)18-9-10(2)8-17/h5-7,10-11,16-17H,4,8-9H2,1-3H3. The van der Waals surface area contributed by atoms with Crippen LogP contribution < -0.4 is 10.1 Å². The number of aliphatic hydroxyl groups is 1. The average Bonchev–Trinajstić information content (AvgIpc) is 2.36. The molecule has 0 bridgehead atoms. The number of benzene rings is 1. The van der Waals surface area contributed by atoms with E-state index in [-0.39, 0.29) is 24.4 Å². The molecule has 0 aliphatic carbocycles. The van der Waals surface area contributed by atoms with Crippen LogP contribution in [0.1, 0.15) is 32.4 Å². The molecule has 0 saturated heterocycles. The maximum atomic E-state index is 13.9. The van der Waals surface area contributed by atoms with E-state index in [1.54, 1.807) is 12.1 Å². The maximum absolute atomic E-state index is 13.9. The van der Waals surface area contributed by atoms with E-state index >= 15 is 0 Å². The molecule has 2 N–H and O–H groups in total. The molecule has 0 amide bonds. The average molecular weight is 255 g/mol. The summed E-state index contributed by atoms with van der Waals surface area (Å²) in [7, 11) is 0. The number of hydrogen-bond acceptors (Lipinski definition) is 3. The van der Waals surface area contributed by atoms with Gasteiger partial charge in [0.15, 0.2) is 0 Å². The van der Waals surface area contributed by atoms with Crippen LogP contribution in [0.3, 0.4) is 0 Å². The fourth-order valence-electron chi connectivity index (χ4n) is 1.66. The molecule has 0 spiro atoms. The third-order valence-electron chi connectivity index (χ3n) is 2.79. The SMILES string of the molecule is CCNC(C)c1ccc(OCC(C)CO)cc1F. The summed E-state index contributed by atoms with van der Waals surface area (Å²) in [5.41, 5.74) is 0.638. The molecular formula is C14H22FNO2. The van der Waals surface area contributed by atoms with E-state index in [1.165, 1.54) is 6.07 Å². The zero-order valence-electron chi connectivity index (χ0n) is 11.2. The Morgan fingerprint density at radius 1 is 1.39 bits per heavy atom. The predicted octanol–water partition coefficient (Wildman–Crippen LogP) is 2.50. The van der Waals surface area contributed by atoms with Crippen LogP contribution in [0.25, 0.3) is 0 Å². The molecule has 3 nitrogen and oxygen atoms in total. The molecule has 18 heavy (non-hydrogen) atoms. The van der Waals surface area contributed by atoms with E-state index in [1.807, 2.05) is 20.8 Å². The van der Waals surface area contributed by atoms with Gasteiger partial charge in [0, 0.05) is 30.2 Å². The van der Waals surface area contributed by atoms with Gasteiger partial charge in [-0.15, -0.1) is 0 Å². The van der Waals surface area contributed by atoms with Gasteiger partial charge in [-0.05, 0) is 19.5 Å². The summed E-state index contributed by atoms with van der Waals surface area (Å²) in [5, 5.41) is 12.0. The Bertz CT molecular complexity index is 371. The summed E-state index contributed by atoms with van der Waals surface area (Å²) >= 11 is 0. The Labute approximate surface area is 108 Å². The van der Waals surface area contributed by atoms with E-state index < -0.39 is 0 Å². The minimum atomic E-state index is -0.266. The molecular weight excluding hydrogens is 233 g/mol. The Kier molecular flexibility index (Phi) is 6.09. The third kappa shape index (κ3) is 4.27. The molecule has 1 aromatic rings. The number of rotatable bonds is 7. The molecule has 0 fully saturated rings. The van der Waals surface area contributed by atoms with E-state index in [9.17, 15) is 4.39 Å². The van der Waals surface area contributed by atoms with Crippen molar-refractivity contribution in [3.05, 3.63) is 29.6 Å². The summed E-state index contributed by atoms with van der Waals surface area (Å²) in [6, 6.07) is 4.88. The highest BCUT2D eigenvalue weighted by Gasteiger charge is 2.11. The van der Waals surface area contributed by atoms with Crippen molar-refractivity contribution in [3.8, 4) is 5.75 Å². The van der Waals surface area contributed by atoms with Gasteiger partial charge >= 0.3 is 0 Å². The lowest BCUT2D eigenvalue weighted by molar-refractivity contribution is 0.174. The van der Waals surface area contributed by atoms with Gasteiger partial charge in [-0.2, -0.15) is 0 Å². The quantitative estimate of drug-likeness (QED) is 0.786. The highest BCUT2D eigenvalue weighted by atomic mass is 19.1. The molecule has 0 saturated carbocycles. The maximum Gasteiger partial charge on any atom is 0.131 e. The minimum absolute atomic E-state index is 0.0135. The van der Waals surface area contributed by atoms with E-state index in [2.05, 4.69) is 5.32 Å². The van der Waals surface area contributed by atoms with Crippen LogP contribution >= 0.6 is 0 Å². The number of hydrogen-bond donors (Lipinski definition) is 2. The van der Waals surface area contributed by atoms with Crippen molar-refractivity contribution < 1.29 is 14.2 Å². The number of aliphatic hydroxyl groups excluding tert-OH is 1. The highest BCUT2D eigenvalue weighted by Crippen LogP contribution is 2.22. The number of halogens is 1. The third-order valence-corrected chi connectivity index (χ3v) is 2.79. The van der Waals surface area contributed by atoms with E-state index in [0.29, 0.717) is 17.9 Å². The Morgan fingerprint density at radius 2 is 2.11 bits per heavy atom. The van der Waals surface area contributed by atoms with Gasteiger partial charge in [-0.1, -0.05) is 19.9 Å². The van der Waals surface area contributed by atoms with Gasteiger partial charge in [-0.25, -0.2) is 4.39 Å². The molecule has 1 rings (SSSR count). The van der Waals surface area contributed by atoms with E-state index in [0.717, 1.165) is 6.54 Å². The van der Waals surface area contributed by atoms with Crippen molar-refractivity contribution in [1.29, 1.82) is 0 Å². The summed E-state index contributed by atoms with van der Waals surface area (Å²) < 4.78 is 19.3. The number of ether oxygens (including phenoxy) is 1. The van der Waals surface area contributed by atoms with Gasteiger partial charge in [0.1, 0.15) is 11.6 Å². The summed E-state index contributed by atoms with van der Waals surface area (Å²) in [4.78, 5) is 0. The molecule has 4 heteroatoms. The smallest absolute Gasteiger partial charge is 0.131 e. The van der Waals surface area contributed by atoms with Gasteiger partial charge in [0.25, 0.3) is 0 Å². The summed E-state index contributed by atoms with van der Waals surface area (Å²) in [6.45, 7) is 7.04. The van der Waals surface area contributed by atoms with Crippen molar-refractivity contribution >= 4 is 0 Å². The van der Waals surface area contributed by atoms with Gasteiger partial charge in [0.2, 0.25) is 0 Å². The largest absolute Gasteiger partial charge is 0.493 e. The molecule has 2 atom stereocenters. The van der Waals surface area contributed by atoms with Crippen LogP contribution in [0, 0.1) is 11.7 Å². The minimum Gasteiger partial charge on any atom is -0.493 e. The lowest BCUT2D eigenvalue weighted by atomic mass is 10.1. The normalized spacial score (nSPS) is 14.3. The van der Waals surface area contributed by atoms with Crippen LogP contribution in [0.2, 0.25) is 0 Å². The molecule has 1 aromatic carbocycles. The van der Waals surface area contributed by atoms with Crippen LogP contribution in [-0.4, -0.2) is 24.9 Å². The van der Waals surface area contributed by atoms with Crippen molar-refractivity contribution in [2.24, 2.45) is 5.92 Å². The molecule has 102 valence electrons. The molecule has 0 aromatic heterocycles. The lowest BCUT2D eigenvalue weighted by Gasteiger charge is -2.15. The summed E-state index contributed by atoms with van der Waals surface area (Å²) in [6.07, 6.45) is 0. The Hall–Kier alpha value is -1.13. The topological polar surface area (TPSA) is 41.5 Å². The van der Waals surface area contributed by atoms with E-state index in [4.69, 9.17) is 9.84 Å². The van der Waals surface area contributed by atoms with Crippen molar-refractivity contribution in [2.45, 2.75) is 26.8 Å². The summed E-state index contributed by atoms with van der Waals surface area (Å²) in [5.74, 6) is 0.284. The van der Waals surface area contributed by atoms with Crippen molar-refractivity contribution in [1.82, 2.24) is 5.32 Å². The second-order valence-corrected chi connectivity index (χ2v) is 4.56. The Morgan fingerprint density at radius 3 is 2.67 bits per heavy atom. The van der Waals surface area contributed by atoms with Crippen molar-refractivity contribution in [2.75, 3.05) is 19.8 Å². The molecule has 2 unspecified atom stereocenters. The highest BCUT2D eigenvalue weighted by molar-refractivity contribution is 5.30. The number of nitrogens with one attached hydrogen (secondary N) is 1. The van der Waals surface area contributed by atoms with Crippen LogP contribution in [0.4, 0.5) is 4.39 Å². The first-order valence-electron chi connectivity index (χ1n) is 6.35. The first-order valence-corrected chi connectivity index (χ1v) is 6.35.